The second kappa shape index (κ2) is 13.1. The number of primary amides is 1. The monoisotopic (exact) mass is 514 g/mol. The largest absolute Gasteiger partial charge is 0.489 e. The number of rotatable bonds is 11. The molecular weight excluding hydrogens is 476 g/mol. The molecule has 2 heterocycles. The lowest BCUT2D eigenvalue weighted by atomic mass is 9.95. The van der Waals surface area contributed by atoms with Gasteiger partial charge < -0.3 is 20.3 Å². The van der Waals surface area contributed by atoms with Crippen LogP contribution in [0.15, 0.2) is 79.1 Å². The lowest BCUT2D eigenvalue weighted by Crippen LogP contribution is -2.49. The number of hydrogen-bond acceptors (Lipinski definition) is 5. The molecular formula is C31H38N4O3. The van der Waals surface area contributed by atoms with E-state index in [0.717, 1.165) is 42.8 Å². The molecule has 38 heavy (non-hydrogen) atoms. The normalized spacial score (nSPS) is 14.8. The zero-order chi connectivity index (χ0) is 26.9. The van der Waals surface area contributed by atoms with E-state index in [9.17, 15) is 9.59 Å². The molecule has 2 amide bonds. The highest BCUT2D eigenvalue weighted by Gasteiger charge is 2.34. The van der Waals surface area contributed by atoms with Crippen molar-refractivity contribution < 1.29 is 14.3 Å². The van der Waals surface area contributed by atoms with Gasteiger partial charge in [-0.15, -0.1) is 0 Å². The zero-order valence-electron chi connectivity index (χ0n) is 22.3. The summed E-state index contributed by atoms with van der Waals surface area (Å²) in [5.41, 5.74) is 8.53. The van der Waals surface area contributed by atoms with Gasteiger partial charge in [-0.2, -0.15) is 0 Å². The van der Waals surface area contributed by atoms with Crippen LogP contribution in [0.5, 0.6) is 5.75 Å². The van der Waals surface area contributed by atoms with E-state index in [0.29, 0.717) is 37.2 Å². The minimum atomic E-state index is -0.977. The van der Waals surface area contributed by atoms with Gasteiger partial charge in [0.1, 0.15) is 18.3 Å². The van der Waals surface area contributed by atoms with Gasteiger partial charge in [0.05, 0.1) is 0 Å². The number of pyridine rings is 1. The third kappa shape index (κ3) is 7.12. The van der Waals surface area contributed by atoms with Gasteiger partial charge in [0, 0.05) is 43.8 Å². The van der Waals surface area contributed by atoms with Crippen molar-refractivity contribution in [3.8, 4) is 5.75 Å². The molecule has 1 aromatic heterocycles. The van der Waals surface area contributed by atoms with Gasteiger partial charge in [0.2, 0.25) is 11.8 Å². The van der Waals surface area contributed by atoms with Crippen LogP contribution in [-0.2, 0) is 16.2 Å². The lowest BCUT2D eigenvalue weighted by molar-refractivity contribution is -0.138. The maximum atomic E-state index is 13.3. The Bertz CT molecular complexity index is 1160. The molecule has 1 unspecified atom stereocenters. The van der Waals surface area contributed by atoms with Gasteiger partial charge in [-0.05, 0) is 72.7 Å². The van der Waals surface area contributed by atoms with Gasteiger partial charge in [-0.25, -0.2) is 0 Å². The molecule has 1 atom stereocenters. The van der Waals surface area contributed by atoms with E-state index < -0.39 is 11.8 Å². The Kier molecular flexibility index (Phi) is 9.35. The Balaban J connectivity index is 1.41. The summed E-state index contributed by atoms with van der Waals surface area (Å²) in [5, 5.41) is 0. The number of carbonyl (C=O) groups excluding carboxylic acids is 2. The molecule has 7 heteroatoms. The molecule has 7 nitrogen and oxygen atoms in total. The van der Waals surface area contributed by atoms with E-state index in [1.807, 2.05) is 30.3 Å². The molecule has 200 valence electrons. The molecule has 0 radical (unpaired) electrons. The number of hydrogen-bond donors (Lipinski definition) is 1. The first kappa shape index (κ1) is 27.2. The summed E-state index contributed by atoms with van der Waals surface area (Å²) >= 11 is 0. The van der Waals surface area contributed by atoms with Crippen LogP contribution in [0.25, 0.3) is 0 Å². The molecule has 1 aliphatic rings. The fourth-order valence-electron chi connectivity index (χ4n) is 4.96. The van der Waals surface area contributed by atoms with Crippen molar-refractivity contribution in [2.45, 2.75) is 51.7 Å². The molecule has 1 saturated heterocycles. The number of anilines is 1. The van der Waals surface area contributed by atoms with Crippen LogP contribution in [0.1, 0.15) is 50.2 Å². The first-order chi connectivity index (χ1) is 18.4. The molecule has 0 spiro atoms. The minimum absolute atomic E-state index is 0.226. The summed E-state index contributed by atoms with van der Waals surface area (Å²) in [6.45, 7) is 7.15. The second-order valence-corrected chi connectivity index (χ2v) is 10.3. The van der Waals surface area contributed by atoms with Crippen molar-refractivity contribution in [1.29, 1.82) is 0 Å². The third-order valence-electron chi connectivity index (χ3n) is 7.15. The molecule has 1 fully saturated rings. The van der Waals surface area contributed by atoms with Gasteiger partial charge in [0.15, 0.2) is 0 Å². The number of piperidine rings is 1. The molecule has 0 aliphatic carbocycles. The summed E-state index contributed by atoms with van der Waals surface area (Å²) in [7, 11) is 0. The molecule has 2 aromatic carbocycles. The van der Waals surface area contributed by atoms with E-state index in [1.165, 1.54) is 0 Å². The number of amides is 2. The van der Waals surface area contributed by atoms with Crippen LogP contribution in [-0.4, -0.2) is 47.4 Å². The second-order valence-electron chi connectivity index (χ2n) is 10.3. The summed E-state index contributed by atoms with van der Waals surface area (Å²) in [4.78, 5) is 33.7. The number of likely N-dealkylation sites (tertiary alicyclic amines) is 1. The van der Waals surface area contributed by atoms with Gasteiger partial charge in [0.25, 0.3) is 0 Å². The average Bonchev–Trinajstić information content (AvgIpc) is 2.94. The number of ether oxygens (including phenoxy) is 1. The van der Waals surface area contributed by atoms with E-state index >= 15 is 0 Å². The fourth-order valence-corrected chi connectivity index (χ4v) is 4.96. The zero-order valence-corrected chi connectivity index (χ0v) is 22.3. The number of nitrogens with zero attached hydrogens (tertiary/aromatic N) is 3. The van der Waals surface area contributed by atoms with Crippen molar-refractivity contribution in [3.05, 3.63) is 90.3 Å². The molecule has 1 aliphatic heterocycles. The maximum Gasteiger partial charge on any atom is 0.239 e. The first-order valence-electron chi connectivity index (χ1n) is 13.4. The van der Waals surface area contributed by atoms with E-state index in [4.69, 9.17) is 10.5 Å². The smallest absolute Gasteiger partial charge is 0.239 e. The molecule has 0 saturated carbocycles. The Labute approximate surface area is 225 Å². The predicted octanol–water partition coefficient (Wildman–Crippen LogP) is 4.77. The Morgan fingerprint density at radius 2 is 1.66 bits per heavy atom. The number of benzene rings is 2. The van der Waals surface area contributed by atoms with Crippen LogP contribution in [0.4, 0.5) is 5.69 Å². The SMILES string of the molecule is CC(C)CCN(c1ccc(OCc2ccccc2)cc1)C1CCN(C(=O)C(C(N)=O)c2ccncc2)CC1. The highest BCUT2D eigenvalue weighted by molar-refractivity contribution is 6.05. The van der Waals surface area contributed by atoms with E-state index in [1.54, 1.807) is 29.4 Å². The molecule has 2 N–H and O–H groups in total. The number of nitrogens with two attached hydrogens (primary N) is 1. The highest BCUT2D eigenvalue weighted by Crippen LogP contribution is 2.28. The average molecular weight is 515 g/mol. The van der Waals surface area contributed by atoms with E-state index in [-0.39, 0.29) is 5.91 Å². The minimum Gasteiger partial charge on any atom is -0.489 e. The lowest BCUT2D eigenvalue weighted by Gasteiger charge is -2.41. The van der Waals surface area contributed by atoms with Gasteiger partial charge in [-0.1, -0.05) is 44.2 Å². The van der Waals surface area contributed by atoms with Crippen molar-refractivity contribution in [1.82, 2.24) is 9.88 Å². The van der Waals surface area contributed by atoms with E-state index in [2.05, 4.69) is 48.0 Å². The van der Waals surface area contributed by atoms with Crippen molar-refractivity contribution in [2.24, 2.45) is 11.7 Å². The van der Waals surface area contributed by atoms with Crippen LogP contribution in [0.3, 0.4) is 0 Å². The third-order valence-corrected chi connectivity index (χ3v) is 7.15. The Hall–Kier alpha value is -3.87. The molecule has 4 rings (SSSR count). The predicted molar refractivity (Wildman–Crippen MR) is 150 cm³/mol. The van der Waals surface area contributed by atoms with Crippen LogP contribution in [0, 0.1) is 5.92 Å². The Morgan fingerprint density at radius 3 is 2.26 bits per heavy atom. The molecule has 0 bridgehead atoms. The Morgan fingerprint density at radius 1 is 1.00 bits per heavy atom. The van der Waals surface area contributed by atoms with Crippen molar-refractivity contribution in [3.63, 3.8) is 0 Å². The topological polar surface area (TPSA) is 88.8 Å². The fraction of sp³-hybridized carbons (Fsp3) is 0.387. The number of aromatic nitrogens is 1. The summed E-state index contributed by atoms with van der Waals surface area (Å²) in [6, 6.07) is 22.1. The summed E-state index contributed by atoms with van der Waals surface area (Å²) in [5.74, 6) is -0.401. The first-order valence-corrected chi connectivity index (χ1v) is 13.4. The van der Waals surface area contributed by atoms with Crippen LogP contribution < -0.4 is 15.4 Å². The summed E-state index contributed by atoms with van der Waals surface area (Å²) < 4.78 is 5.98. The quantitative estimate of drug-likeness (QED) is 0.372. The summed E-state index contributed by atoms with van der Waals surface area (Å²) in [6.07, 6.45) is 5.90. The van der Waals surface area contributed by atoms with Gasteiger partial charge >= 0.3 is 0 Å². The van der Waals surface area contributed by atoms with Crippen molar-refractivity contribution in [2.75, 3.05) is 24.5 Å². The van der Waals surface area contributed by atoms with Crippen molar-refractivity contribution >= 4 is 17.5 Å². The standard InChI is InChI=1S/C31H38N4O3/c1-23(2)14-21-35(26-8-10-28(11-9-26)38-22-24-6-4-3-5-7-24)27-15-19-34(20-16-27)31(37)29(30(32)36)25-12-17-33-18-13-25/h3-13,17-18,23,27,29H,14-16,19-22H2,1-2H3,(H2,32,36). The van der Waals surface area contributed by atoms with Gasteiger partial charge in [-0.3, -0.25) is 14.6 Å². The van der Waals surface area contributed by atoms with Crippen LogP contribution >= 0.6 is 0 Å². The molecule has 3 aromatic rings. The highest BCUT2D eigenvalue weighted by atomic mass is 16.5. The number of carbonyl (C=O) groups is 2. The maximum absolute atomic E-state index is 13.3. The van der Waals surface area contributed by atoms with Crippen LogP contribution in [0.2, 0.25) is 0 Å².